The Morgan fingerprint density at radius 1 is 1.11 bits per heavy atom. The van der Waals surface area contributed by atoms with Crippen LogP contribution in [0.1, 0.15) is 0 Å². The zero-order valence-electron chi connectivity index (χ0n) is 18.7. The average Bonchev–Trinajstić information content (AvgIpc) is 3.31. The van der Waals surface area contributed by atoms with E-state index < -0.39 is 11.6 Å². The molecule has 1 aliphatic heterocycles. The van der Waals surface area contributed by atoms with Crippen molar-refractivity contribution in [1.29, 1.82) is 0 Å². The molecule has 4 aromatic rings. The van der Waals surface area contributed by atoms with Gasteiger partial charge in [0, 0.05) is 30.5 Å². The smallest absolute Gasteiger partial charge is 0.247 e. The summed E-state index contributed by atoms with van der Waals surface area (Å²) in [4.78, 5) is 22.1. The number of halogens is 2. The van der Waals surface area contributed by atoms with E-state index in [0.29, 0.717) is 37.6 Å². The lowest BCUT2D eigenvalue weighted by Gasteiger charge is -2.29. The van der Waals surface area contributed by atoms with Crippen LogP contribution in [0.15, 0.2) is 67.6 Å². The molecule has 1 fully saturated rings. The molecular formula is C25H22F2N6O2. The fraction of sp³-hybridized carbons (Fsp3) is 0.160. The molecule has 0 spiro atoms. The fourth-order valence-corrected chi connectivity index (χ4v) is 3.94. The van der Waals surface area contributed by atoms with E-state index in [2.05, 4.69) is 27.2 Å². The van der Waals surface area contributed by atoms with Gasteiger partial charge in [-0.1, -0.05) is 18.7 Å². The summed E-state index contributed by atoms with van der Waals surface area (Å²) in [6.45, 7) is 5.39. The number of rotatable bonds is 6. The van der Waals surface area contributed by atoms with E-state index in [0.717, 1.165) is 11.1 Å². The summed E-state index contributed by atoms with van der Waals surface area (Å²) >= 11 is 0. The Morgan fingerprint density at radius 2 is 1.94 bits per heavy atom. The first kappa shape index (κ1) is 22.5. The molecule has 8 nitrogen and oxygen atoms in total. The molecule has 0 aliphatic carbocycles. The number of nitrogens with zero attached hydrogens (tertiary/aromatic N) is 4. The molecule has 0 atom stereocenters. The third-order valence-corrected chi connectivity index (χ3v) is 5.69. The first-order valence-corrected chi connectivity index (χ1v) is 11.0. The molecule has 3 heterocycles. The molecule has 178 valence electrons. The van der Waals surface area contributed by atoms with E-state index in [1.54, 1.807) is 21.6 Å². The van der Waals surface area contributed by atoms with Gasteiger partial charge in [-0.25, -0.2) is 13.8 Å². The van der Waals surface area contributed by atoms with Gasteiger partial charge in [0.25, 0.3) is 0 Å². The van der Waals surface area contributed by atoms with Crippen molar-refractivity contribution in [2.75, 3.05) is 41.8 Å². The van der Waals surface area contributed by atoms with Crippen LogP contribution in [-0.2, 0) is 9.53 Å². The monoisotopic (exact) mass is 476 g/mol. The molecule has 2 N–H and O–H groups in total. The highest BCUT2D eigenvalue weighted by atomic mass is 19.2. The molecule has 1 amide bonds. The van der Waals surface area contributed by atoms with Crippen LogP contribution in [0.2, 0.25) is 0 Å². The zero-order valence-corrected chi connectivity index (χ0v) is 18.7. The molecule has 10 heteroatoms. The largest absolute Gasteiger partial charge is 0.378 e. The van der Waals surface area contributed by atoms with Crippen LogP contribution < -0.4 is 15.5 Å². The van der Waals surface area contributed by atoms with Gasteiger partial charge in [-0.05, 0) is 42.0 Å². The van der Waals surface area contributed by atoms with Gasteiger partial charge in [0.05, 0.1) is 24.6 Å². The van der Waals surface area contributed by atoms with Crippen molar-refractivity contribution in [2.24, 2.45) is 0 Å². The first-order chi connectivity index (χ1) is 17.0. The van der Waals surface area contributed by atoms with Crippen molar-refractivity contribution in [3.8, 4) is 11.1 Å². The minimum Gasteiger partial charge on any atom is -0.378 e. The minimum atomic E-state index is -1.00. The lowest BCUT2D eigenvalue weighted by atomic mass is 10.1. The second-order valence-electron chi connectivity index (χ2n) is 7.90. The van der Waals surface area contributed by atoms with E-state index >= 15 is 0 Å². The predicted octanol–water partition coefficient (Wildman–Crippen LogP) is 4.38. The Bertz CT molecular complexity index is 1410. The number of nitrogens with one attached hydrogen (secondary N) is 2. The fourth-order valence-electron chi connectivity index (χ4n) is 3.94. The van der Waals surface area contributed by atoms with Gasteiger partial charge in [-0.2, -0.15) is 4.98 Å². The quantitative estimate of drug-likeness (QED) is 0.402. The highest BCUT2D eigenvalue weighted by molar-refractivity contribution is 5.99. The van der Waals surface area contributed by atoms with Crippen LogP contribution in [0.4, 0.5) is 31.8 Å². The van der Waals surface area contributed by atoms with Gasteiger partial charge in [0.2, 0.25) is 11.9 Å². The number of carbonyl (C=O) groups excluding carboxylic acids is 1. The molecule has 5 rings (SSSR count). The summed E-state index contributed by atoms with van der Waals surface area (Å²) in [7, 11) is 0. The molecule has 0 bridgehead atoms. The van der Waals surface area contributed by atoms with Gasteiger partial charge in [-0.15, -0.1) is 0 Å². The van der Waals surface area contributed by atoms with Gasteiger partial charge < -0.3 is 20.3 Å². The summed E-state index contributed by atoms with van der Waals surface area (Å²) in [6.07, 6.45) is 4.52. The second-order valence-corrected chi connectivity index (χ2v) is 7.90. The number of fused-ring (bicyclic) bond motifs is 1. The third kappa shape index (κ3) is 4.56. The van der Waals surface area contributed by atoms with Gasteiger partial charge in [0.15, 0.2) is 11.6 Å². The standard InChI is InChI=1S/C25H22F2N6O2/c1-2-21(34)29-17-5-3-4-16(14-17)18-8-9-33-15-28-25(31-24(18)33)30-19-6-7-20(23(27)22(19)26)32-10-12-35-13-11-32/h2-9,14-15H,1,10-13H2,(H,29,34)(H,30,31). The van der Waals surface area contributed by atoms with Gasteiger partial charge >= 0.3 is 0 Å². The van der Waals surface area contributed by atoms with Crippen molar-refractivity contribution >= 4 is 34.6 Å². The molecular weight excluding hydrogens is 454 g/mol. The minimum absolute atomic E-state index is 0.0638. The summed E-state index contributed by atoms with van der Waals surface area (Å²) in [5, 5.41) is 5.52. The van der Waals surface area contributed by atoms with Crippen molar-refractivity contribution < 1.29 is 18.3 Å². The van der Waals surface area contributed by atoms with Crippen LogP contribution in [0, 0.1) is 11.6 Å². The molecule has 0 saturated carbocycles. The number of anilines is 4. The lowest BCUT2D eigenvalue weighted by molar-refractivity contribution is -0.111. The van der Waals surface area contributed by atoms with E-state index in [-0.39, 0.29) is 23.2 Å². The van der Waals surface area contributed by atoms with Crippen LogP contribution >= 0.6 is 0 Å². The van der Waals surface area contributed by atoms with Crippen molar-refractivity contribution in [3.05, 3.63) is 79.3 Å². The van der Waals surface area contributed by atoms with E-state index in [1.807, 2.05) is 24.3 Å². The lowest BCUT2D eigenvalue weighted by Crippen LogP contribution is -2.36. The number of hydrogen-bond donors (Lipinski definition) is 2. The van der Waals surface area contributed by atoms with E-state index in [1.165, 1.54) is 24.5 Å². The highest BCUT2D eigenvalue weighted by Gasteiger charge is 2.20. The molecule has 0 unspecified atom stereocenters. The number of morpholine rings is 1. The Labute approximate surface area is 199 Å². The maximum absolute atomic E-state index is 14.9. The number of hydrogen-bond acceptors (Lipinski definition) is 6. The third-order valence-electron chi connectivity index (χ3n) is 5.69. The number of carbonyl (C=O) groups is 1. The van der Waals surface area contributed by atoms with Crippen molar-refractivity contribution in [2.45, 2.75) is 0 Å². The summed E-state index contributed by atoms with van der Waals surface area (Å²) < 4.78 is 36.7. The maximum atomic E-state index is 14.9. The zero-order chi connectivity index (χ0) is 24.4. The van der Waals surface area contributed by atoms with Gasteiger partial charge in [0.1, 0.15) is 12.0 Å². The first-order valence-electron chi connectivity index (χ1n) is 11.0. The van der Waals surface area contributed by atoms with Crippen LogP contribution in [-0.4, -0.2) is 46.6 Å². The molecule has 1 saturated heterocycles. The van der Waals surface area contributed by atoms with Crippen molar-refractivity contribution in [1.82, 2.24) is 14.4 Å². The van der Waals surface area contributed by atoms with Crippen molar-refractivity contribution in [3.63, 3.8) is 0 Å². The molecule has 0 radical (unpaired) electrons. The number of ether oxygens (including phenoxy) is 1. The Kier molecular flexibility index (Phi) is 6.11. The SMILES string of the molecule is C=CC(=O)Nc1cccc(-c2ccn3cnc(Nc4ccc(N5CCOCC5)c(F)c4F)nc23)c1. The summed E-state index contributed by atoms with van der Waals surface area (Å²) in [5.41, 5.74) is 2.89. The number of amides is 1. The average molecular weight is 476 g/mol. The normalized spacial score (nSPS) is 13.6. The van der Waals surface area contributed by atoms with Gasteiger partial charge in [-0.3, -0.25) is 9.20 Å². The number of aromatic nitrogens is 3. The highest BCUT2D eigenvalue weighted by Crippen LogP contribution is 2.30. The van der Waals surface area contributed by atoms with Crippen LogP contribution in [0.5, 0.6) is 0 Å². The molecule has 2 aromatic heterocycles. The summed E-state index contributed by atoms with van der Waals surface area (Å²) in [6, 6.07) is 12.1. The predicted molar refractivity (Wildman–Crippen MR) is 130 cm³/mol. The molecule has 35 heavy (non-hydrogen) atoms. The molecule has 1 aliphatic rings. The number of benzene rings is 2. The van der Waals surface area contributed by atoms with E-state index in [9.17, 15) is 13.6 Å². The van der Waals surface area contributed by atoms with E-state index in [4.69, 9.17) is 4.74 Å². The molecule has 2 aromatic carbocycles. The second kappa shape index (κ2) is 9.51. The Morgan fingerprint density at radius 3 is 2.74 bits per heavy atom. The van der Waals surface area contributed by atoms with Crippen LogP contribution in [0.25, 0.3) is 16.8 Å². The summed E-state index contributed by atoms with van der Waals surface area (Å²) in [5.74, 6) is -2.13. The topological polar surface area (TPSA) is 83.8 Å². The Hall–Kier alpha value is -4.31. The van der Waals surface area contributed by atoms with Crippen LogP contribution in [0.3, 0.4) is 0 Å². The Balaban J connectivity index is 1.44. The maximum Gasteiger partial charge on any atom is 0.247 e.